The fourth-order valence-corrected chi connectivity index (χ4v) is 5.48. The third-order valence-corrected chi connectivity index (χ3v) is 7.10. The number of aliphatic imine (C=N–C) groups is 1. The van der Waals surface area contributed by atoms with Crippen molar-refractivity contribution < 1.29 is 31.5 Å². The first-order valence-corrected chi connectivity index (χ1v) is 12.0. The van der Waals surface area contributed by atoms with Gasteiger partial charge in [0.25, 0.3) is 5.91 Å². The number of halogens is 5. The minimum Gasteiger partial charge on any atom is -0.373 e. The summed E-state index contributed by atoms with van der Waals surface area (Å²) in [5, 5.41) is 5.34. The molecule has 4 rings (SSSR count). The van der Waals surface area contributed by atoms with E-state index < -0.39 is 36.9 Å². The van der Waals surface area contributed by atoms with Gasteiger partial charge >= 0.3 is 6.18 Å². The summed E-state index contributed by atoms with van der Waals surface area (Å²) in [4.78, 5) is 17.4. The number of benzene rings is 2. The number of rotatable bonds is 6. The lowest BCUT2D eigenvalue weighted by Gasteiger charge is -2.46. The zero-order valence-electron chi connectivity index (χ0n) is 18.6. The molecular formula is C24H24F5N3O2S. The molecule has 1 saturated heterocycles. The molecule has 0 aliphatic carbocycles. The number of amidine groups is 1. The quantitative estimate of drug-likeness (QED) is 0.556. The van der Waals surface area contributed by atoms with Crippen LogP contribution in [-0.2, 0) is 16.8 Å². The molecule has 5 nitrogen and oxygen atoms in total. The first kappa shape index (κ1) is 25.6. The van der Waals surface area contributed by atoms with E-state index in [1.807, 2.05) is 0 Å². The topological polar surface area (TPSA) is 62.7 Å². The van der Waals surface area contributed by atoms with Gasteiger partial charge in [-0.25, -0.2) is 13.8 Å². The molecule has 188 valence electrons. The molecule has 0 saturated carbocycles. The molecule has 2 aromatic carbocycles. The van der Waals surface area contributed by atoms with Gasteiger partial charge in [-0.15, -0.1) is 0 Å². The molecule has 0 spiro atoms. The first-order chi connectivity index (χ1) is 16.7. The van der Waals surface area contributed by atoms with Crippen LogP contribution >= 0.6 is 11.8 Å². The second-order valence-electron chi connectivity index (χ2n) is 8.53. The molecule has 1 fully saturated rings. The van der Waals surface area contributed by atoms with E-state index in [0.717, 1.165) is 0 Å². The van der Waals surface area contributed by atoms with E-state index in [-0.39, 0.29) is 35.7 Å². The van der Waals surface area contributed by atoms with Crippen molar-refractivity contribution in [3.63, 3.8) is 0 Å². The highest BCUT2D eigenvalue weighted by molar-refractivity contribution is 8.13. The first-order valence-electron chi connectivity index (χ1n) is 11.0. The van der Waals surface area contributed by atoms with Gasteiger partial charge < -0.3 is 15.4 Å². The number of ether oxygens (including phenoxy) is 1. The average Bonchev–Trinajstić information content (AvgIpc) is 2.84. The van der Waals surface area contributed by atoms with Gasteiger partial charge in [0, 0.05) is 29.3 Å². The number of alkyl halides is 4. The van der Waals surface area contributed by atoms with Crippen LogP contribution in [0, 0.1) is 11.7 Å². The maximum absolute atomic E-state index is 15.2. The molecule has 2 N–H and O–H groups in total. The summed E-state index contributed by atoms with van der Waals surface area (Å²) in [5.74, 6) is -0.841. The monoisotopic (exact) mass is 513 g/mol. The van der Waals surface area contributed by atoms with Crippen LogP contribution < -0.4 is 10.6 Å². The van der Waals surface area contributed by atoms with Crippen LogP contribution in [0.25, 0.3) is 0 Å². The van der Waals surface area contributed by atoms with Crippen molar-refractivity contribution in [3.05, 3.63) is 71.0 Å². The maximum atomic E-state index is 15.2. The van der Waals surface area contributed by atoms with E-state index in [2.05, 4.69) is 10.6 Å². The standard InChI is InChI=1S/C24H24F5N3O2S/c25-10-18-9-17-12-35-22(31-21(33)16-4-2-1-3-5-16)32-23(17,14-34-18)19-8-15(6-7-20(19)26)11-30-13-24(27,28)29/h1-8,17-18,30H,9-14H2,(H,31,32,33)/t17-,18+,23-/m0/s1. The number of thioether (sulfide) groups is 1. The van der Waals surface area contributed by atoms with Crippen molar-refractivity contribution in [1.29, 1.82) is 0 Å². The molecular weight excluding hydrogens is 489 g/mol. The molecule has 0 bridgehead atoms. The molecule has 0 unspecified atom stereocenters. The molecule has 35 heavy (non-hydrogen) atoms. The van der Waals surface area contributed by atoms with Crippen LogP contribution in [-0.4, -0.2) is 48.9 Å². The number of fused-ring (bicyclic) bond motifs is 1. The summed E-state index contributed by atoms with van der Waals surface area (Å²) in [6.45, 7) is -2.12. The average molecular weight is 514 g/mol. The molecule has 0 aromatic heterocycles. The van der Waals surface area contributed by atoms with Gasteiger partial charge in [0.2, 0.25) is 0 Å². The highest BCUT2D eigenvalue weighted by atomic mass is 32.2. The SMILES string of the molecule is O=C(NC1=N[C@@]2(c3cc(CNCC(F)(F)F)ccc3F)CO[C@@H](CF)C[C@H]2CS1)c1ccccc1. The van der Waals surface area contributed by atoms with Crippen LogP contribution in [0.5, 0.6) is 0 Å². The number of nitrogens with zero attached hydrogens (tertiary/aromatic N) is 1. The van der Waals surface area contributed by atoms with Gasteiger partial charge in [0.1, 0.15) is 18.0 Å². The lowest BCUT2D eigenvalue weighted by molar-refractivity contribution is -0.125. The molecule has 2 aliphatic rings. The van der Waals surface area contributed by atoms with Gasteiger partial charge in [0.05, 0.1) is 19.3 Å². The predicted octanol–water partition coefficient (Wildman–Crippen LogP) is 4.58. The lowest BCUT2D eigenvalue weighted by Crippen LogP contribution is -2.51. The Morgan fingerprint density at radius 3 is 2.69 bits per heavy atom. The Kier molecular flexibility index (Phi) is 7.77. The van der Waals surface area contributed by atoms with Gasteiger partial charge in [0.15, 0.2) is 5.17 Å². The van der Waals surface area contributed by atoms with Gasteiger partial charge in [-0.2, -0.15) is 13.2 Å². The minimum atomic E-state index is -4.37. The Labute approximate surface area is 203 Å². The summed E-state index contributed by atoms with van der Waals surface area (Å²) < 4.78 is 71.8. The number of hydrogen-bond acceptors (Lipinski definition) is 5. The lowest BCUT2D eigenvalue weighted by atomic mass is 9.74. The molecule has 3 atom stereocenters. The maximum Gasteiger partial charge on any atom is 0.401 e. The van der Waals surface area contributed by atoms with Crippen LogP contribution in [0.2, 0.25) is 0 Å². The Morgan fingerprint density at radius 2 is 1.97 bits per heavy atom. The predicted molar refractivity (Wildman–Crippen MR) is 123 cm³/mol. The van der Waals surface area contributed by atoms with E-state index in [9.17, 15) is 22.4 Å². The van der Waals surface area contributed by atoms with Gasteiger partial charge in [-0.3, -0.25) is 4.79 Å². The fourth-order valence-electron chi connectivity index (χ4n) is 4.32. The summed E-state index contributed by atoms with van der Waals surface area (Å²) in [6.07, 6.45) is -4.73. The smallest absolute Gasteiger partial charge is 0.373 e. The van der Waals surface area contributed by atoms with Crippen LogP contribution in [0.3, 0.4) is 0 Å². The Morgan fingerprint density at radius 1 is 1.20 bits per heavy atom. The second-order valence-corrected chi connectivity index (χ2v) is 9.53. The molecule has 2 aromatic rings. The molecule has 2 aliphatic heterocycles. The van der Waals surface area contributed by atoms with Crippen molar-refractivity contribution in [2.24, 2.45) is 10.9 Å². The summed E-state index contributed by atoms with van der Waals surface area (Å²) >= 11 is 1.28. The van der Waals surface area contributed by atoms with Crippen molar-refractivity contribution in [1.82, 2.24) is 10.6 Å². The van der Waals surface area contributed by atoms with Gasteiger partial charge in [-0.05, 0) is 36.2 Å². The van der Waals surface area contributed by atoms with Crippen molar-refractivity contribution in [2.45, 2.75) is 30.8 Å². The number of hydrogen-bond donors (Lipinski definition) is 2. The number of amides is 1. The van der Waals surface area contributed by atoms with Crippen LogP contribution in [0.1, 0.15) is 27.9 Å². The second kappa shape index (κ2) is 10.6. The number of carbonyl (C=O) groups is 1. The third-order valence-electron chi connectivity index (χ3n) is 6.06. The van der Waals surface area contributed by atoms with Crippen molar-refractivity contribution in [3.8, 4) is 0 Å². The number of carbonyl (C=O) groups excluding carboxylic acids is 1. The van der Waals surface area contributed by atoms with E-state index in [0.29, 0.717) is 23.3 Å². The third kappa shape index (κ3) is 6.02. The normalized spacial score (nSPS) is 24.4. The van der Waals surface area contributed by atoms with E-state index >= 15 is 4.39 Å². The summed E-state index contributed by atoms with van der Waals surface area (Å²) in [6, 6.07) is 12.6. The van der Waals surface area contributed by atoms with E-state index in [1.165, 1.54) is 30.0 Å². The Bertz CT molecular complexity index is 1080. The summed E-state index contributed by atoms with van der Waals surface area (Å²) in [7, 11) is 0. The number of nitrogens with one attached hydrogen (secondary N) is 2. The Balaban J connectivity index is 1.66. The molecule has 2 heterocycles. The van der Waals surface area contributed by atoms with Crippen molar-refractivity contribution >= 4 is 22.8 Å². The Hall–Kier alpha value is -2.50. The van der Waals surface area contributed by atoms with E-state index in [4.69, 9.17) is 9.73 Å². The fraction of sp³-hybridized carbons (Fsp3) is 0.417. The highest BCUT2D eigenvalue weighted by Crippen LogP contribution is 2.47. The van der Waals surface area contributed by atoms with Crippen molar-refractivity contribution in [2.75, 3.05) is 25.6 Å². The minimum absolute atomic E-state index is 0.117. The molecule has 11 heteroatoms. The zero-order valence-corrected chi connectivity index (χ0v) is 19.4. The molecule has 1 amide bonds. The highest BCUT2D eigenvalue weighted by Gasteiger charge is 2.50. The van der Waals surface area contributed by atoms with Gasteiger partial charge in [-0.1, -0.05) is 36.0 Å². The zero-order chi connectivity index (χ0) is 25.1. The molecule has 0 radical (unpaired) electrons. The van der Waals surface area contributed by atoms with Crippen LogP contribution in [0.4, 0.5) is 22.0 Å². The van der Waals surface area contributed by atoms with Crippen LogP contribution in [0.15, 0.2) is 53.5 Å². The largest absolute Gasteiger partial charge is 0.401 e. The summed E-state index contributed by atoms with van der Waals surface area (Å²) in [5.41, 5.74) is -0.235. The van der Waals surface area contributed by atoms with E-state index in [1.54, 1.807) is 30.3 Å².